The van der Waals surface area contributed by atoms with E-state index in [4.69, 9.17) is 16.3 Å². The summed E-state index contributed by atoms with van der Waals surface area (Å²) in [6, 6.07) is 11.4. The molecule has 4 nitrogen and oxygen atoms in total. The van der Waals surface area contributed by atoms with Crippen LogP contribution in [0.4, 0.5) is 0 Å². The first-order valence-electron chi connectivity index (χ1n) is 6.30. The highest BCUT2D eigenvalue weighted by atomic mass is 35.5. The molecule has 0 saturated carbocycles. The minimum atomic E-state index is 0.376. The van der Waals surface area contributed by atoms with Crippen molar-refractivity contribution in [3.8, 4) is 11.6 Å². The number of fused-ring (bicyclic) bond motifs is 1. The van der Waals surface area contributed by atoms with E-state index in [9.17, 15) is 0 Å². The first-order chi connectivity index (χ1) is 9.74. The fourth-order valence-electron chi connectivity index (χ4n) is 1.88. The Labute approximate surface area is 121 Å². The Hall–Kier alpha value is -2.20. The minimum Gasteiger partial charge on any atom is -0.437 e. The van der Waals surface area contributed by atoms with Crippen LogP contribution < -0.4 is 4.74 Å². The number of benzene rings is 1. The SMILES string of the molecule is CCc1nc(Cl)cc(Oc2cnc3ccccc3c2)n1. The van der Waals surface area contributed by atoms with Gasteiger partial charge in [-0.2, -0.15) is 4.98 Å². The first kappa shape index (κ1) is 12.8. The number of hydrogen-bond donors (Lipinski definition) is 0. The number of aryl methyl sites for hydroxylation is 1. The average molecular weight is 286 g/mol. The second-order valence-corrected chi connectivity index (χ2v) is 4.65. The summed E-state index contributed by atoms with van der Waals surface area (Å²) in [5.41, 5.74) is 0.926. The quantitative estimate of drug-likeness (QED) is 0.682. The maximum atomic E-state index is 5.94. The molecule has 3 aromatic rings. The summed E-state index contributed by atoms with van der Waals surface area (Å²) >= 11 is 5.94. The van der Waals surface area contributed by atoms with Crippen LogP contribution in [-0.2, 0) is 6.42 Å². The summed E-state index contributed by atoms with van der Waals surface area (Å²) in [7, 11) is 0. The normalized spacial score (nSPS) is 10.7. The van der Waals surface area contributed by atoms with Crippen LogP contribution in [0, 0.1) is 0 Å². The van der Waals surface area contributed by atoms with Gasteiger partial charge >= 0.3 is 0 Å². The summed E-state index contributed by atoms with van der Waals surface area (Å²) in [5.74, 6) is 1.71. The molecular formula is C15H12ClN3O. The van der Waals surface area contributed by atoms with E-state index in [1.165, 1.54) is 0 Å². The van der Waals surface area contributed by atoms with Crippen molar-refractivity contribution >= 4 is 22.5 Å². The number of para-hydroxylation sites is 1. The van der Waals surface area contributed by atoms with Gasteiger partial charge in [0, 0.05) is 17.9 Å². The summed E-state index contributed by atoms with van der Waals surface area (Å²) in [6.45, 7) is 1.97. The second-order valence-electron chi connectivity index (χ2n) is 4.26. The highest BCUT2D eigenvalue weighted by Gasteiger charge is 2.05. The van der Waals surface area contributed by atoms with Gasteiger partial charge < -0.3 is 4.74 Å². The number of rotatable bonds is 3. The van der Waals surface area contributed by atoms with Crippen molar-refractivity contribution in [2.45, 2.75) is 13.3 Å². The van der Waals surface area contributed by atoms with Gasteiger partial charge in [-0.05, 0) is 12.1 Å². The van der Waals surface area contributed by atoms with Crippen LogP contribution in [0.3, 0.4) is 0 Å². The van der Waals surface area contributed by atoms with Gasteiger partial charge in [-0.25, -0.2) is 4.98 Å². The van der Waals surface area contributed by atoms with E-state index < -0.39 is 0 Å². The molecule has 0 bridgehead atoms. The number of nitrogens with zero attached hydrogens (tertiary/aromatic N) is 3. The fourth-order valence-corrected chi connectivity index (χ4v) is 2.07. The summed E-state index contributed by atoms with van der Waals surface area (Å²) in [4.78, 5) is 12.7. The van der Waals surface area contributed by atoms with Crippen molar-refractivity contribution in [2.75, 3.05) is 0 Å². The van der Waals surface area contributed by atoms with Crippen molar-refractivity contribution in [3.63, 3.8) is 0 Å². The highest BCUT2D eigenvalue weighted by Crippen LogP contribution is 2.24. The number of hydrogen-bond acceptors (Lipinski definition) is 4. The molecule has 0 saturated heterocycles. The Bertz CT molecular complexity index is 761. The second kappa shape index (κ2) is 5.43. The molecule has 0 unspecified atom stereocenters. The van der Waals surface area contributed by atoms with Gasteiger partial charge in [-0.1, -0.05) is 36.7 Å². The molecule has 0 radical (unpaired) electrons. The lowest BCUT2D eigenvalue weighted by Crippen LogP contribution is -1.96. The largest absolute Gasteiger partial charge is 0.437 e. The Morgan fingerprint density at radius 3 is 2.85 bits per heavy atom. The molecule has 2 aromatic heterocycles. The van der Waals surface area contributed by atoms with Crippen molar-refractivity contribution in [2.24, 2.45) is 0 Å². The van der Waals surface area contributed by atoms with Crippen molar-refractivity contribution in [1.82, 2.24) is 15.0 Å². The molecule has 0 N–H and O–H groups in total. The van der Waals surface area contributed by atoms with Crippen LogP contribution in [0.15, 0.2) is 42.6 Å². The predicted octanol–water partition coefficient (Wildman–Crippen LogP) is 4.03. The molecule has 5 heteroatoms. The highest BCUT2D eigenvalue weighted by molar-refractivity contribution is 6.29. The Kier molecular flexibility index (Phi) is 3.48. The molecule has 0 aliphatic carbocycles. The molecule has 0 aliphatic rings. The summed E-state index contributed by atoms with van der Waals surface area (Å²) < 4.78 is 5.71. The lowest BCUT2D eigenvalue weighted by Gasteiger charge is -2.07. The van der Waals surface area contributed by atoms with Crippen LogP contribution in [0.25, 0.3) is 10.9 Å². The van der Waals surface area contributed by atoms with E-state index in [1.54, 1.807) is 12.3 Å². The van der Waals surface area contributed by atoms with Gasteiger partial charge in [-0.15, -0.1) is 0 Å². The van der Waals surface area contributed by atoms with E-state index in [0.29, 0.717) is 29.0 Å². The lowest BCUT2D eigenvalue weighted by atomic mass is 10.2. The zero-order valence-electron chi connectivity index (χ0n) is 10.9. The first-order valence-corrected chi connectivity index (χ1v) is 6.68. The molecule has 2 heterocycles. The van der Waals surface area contributed by atoms with Gasteiger partial charge in [0.2, 0.25) is 5.88 Å². The Morgan fingerprint density at radius 1 is 1.15 bits per heavy atom. The molecule has 3 rings (SSSR count). The van der Waals surface area contributed by atoms with Crippen molar-refractivity contribution in [1.29, 1.82) is 0 Å². The molecular weight excluding hydrogens is 274 g/mol. The van der Waals surface area contributed by atoms with Gasteiger partial charge in [0.05, 0.1) is 11.7 Å². The third-order valence-corrected chi connectivity index (χ3v) is 3.02. The number of aromatic nitrogens is 3. The lowest BCUT2D eigenvalue weighted by molar-refractivity contribution is 0.457. The molecule has 0 atom stereocenters. The monoisotopic (exact) mass is 285 g/mol. The molecule has 20 heavy (non-hydrogen) atoms. The predicted molar refractivity (Wildman–Crippen MR) is 78.2 cm³/mol. The third-order valence-electron chi connectivity index (χ3n) is 2.82. The van der Waals surface area contributed by atoms with Gasteiger partial charge in [0.1, 0.15) is 16.7 Å². The fraction of sp³-hybridized carbons (Fsp3) is 0.133. The molecule has 100 valence electrons. The molecule has 0 fully saturated rings. The topological polar surface area (TPSA) is 47.9 Å². The molecule has 0 amide bonds. The van der Waals surface area contributed by atoms with E-state index in [-0.39, 0.29) is 0 Å². The summed E-state index contributed by atoms with van der Waals surface area (Å²) in [5, 5.41) is 1.39. The van der Waals surface area contributed by atoms with Crippen LogP contribution in [-0.4, -0.2) is 15.0 Å². The Morgan fingerprint density at radius 2 is 2.00 bits per heavy atom. The zero-order valence-corrected chi connectivity index (χ0v) is 11.6. The van der Waals surface area contributed by atoms with Crippen LogP contribution in [0.1, 0.15) is 12.7 Å². The standard InChI is InChI=1S/C15H12ClN3O/c1-2-14-18-13(16)8-15(19-14)20-11-7-10-5-3-4-6-12(10)17-9-11/h3-9H,2H2,1H3. The number of pyridine rings is 1. The van der Waals surface area contributed by atoms with E-state index >= 15 is 0 Å². The van der Waals surface area contributed by atoms with E-state index in [2.05, 4.69) is 15.0 Å². The van der Waals surface area contributed by atoms with E-state index in [1.807, 2.05) is 37.3 Å². The van der Waals surface area contributed by atoms with Crippen LogP contribution in [0.5, 0.6) is 11.6 Å². The van der Waals surface area contributed by atoms with E-state index in [0.717, 1.165) is 10.9 Å². The molecule has 0 spiro atoms. The maximum absolute atomic E-state index is 5.94. The summed E-state index contributed by atoms with van der Waals surface area (Å²) in [6.07, 6.45) is 2.37. The smallest absolute Gasteiger partial charge is 0.224 e. The zero-order chi connectivity index (χ0) is 13.9. The maximum Gasteiger partial charge on any atom is 0.224 e. The van der Waals surface area contributed by atoms with Crippen molar-refractivity contribution in [3.05, 3.63) is 53.6 Å². The number of halogens is 1. The molecule has 1 aromatic carbocycles. The third kappa shape index (κ3) is 2.70. The van der Waals surface area contributed by atoms with Crippen LogP contribution in [0.2, 0.25) is 5.15 Å². The number of ether oxygens (including phenoxy) is 1. The van der Waals surface area contributed by atoms with Gasteiger partial charge in [0.25, 0.3) is 0 Å². The van der Waals surface area contributed by atoms with Gasteiger partial charge in [0.15, 0.2) is 0 Å². The van der Waals surface area contributed by atoms with Crippen molar-refractivity contribution < 1.29 is 4.74 Å². The average Bonchev–Trinajstić information content (AvgIpc) is 2.46. The van der Waals surface area contributed by atoms with Crippen LogP contribution >= 0.6 is 11.6 Å². The minimum absolute atomic E-state index is 0.376. The van der Waals surface area contributed by atoms with Gasteiger partial charge in [-0.3, -0.25) is 4.98 Å². The Balaban J connectivity index is 1.94. The molecule has 0 aliphatic heterocycles.